The van der Waals surface area contributed by atoms with Gasteiger partial charge in [0.2, 0.25) is 0 Å². The summed E-state index contributed by atoms with van der Waals surface area (Å²) in [5, 5.41) is 29.6. The van der Waals surface area contributed by atoms with E-state index in [0.717, 1.165) is 0 Å². The maximum absolute atomic E-state index is 9.86. The van der Waals surface area contributed by atoms with Gasteiger partial charge in [-0.1, -0.05) is 0 Å². The Morgan fingerprint density at radius 2 is 0.840 bits per heavy atom. The smallest absolute Gasteiger partial charge is 0.542 e. The Labute approximate surface area is 165 Å². The molecule has 0 saturated carbocycles. The molecule has 0 aliphatic carbocycles. The van der Waals surface area contributed by atoms with Gasteiger partial charge in [0.15, 0.2) is 0 Å². The SMILES string of the molecule is O=C([O-])c1ccco1.O=C([O-])c1ccco1.O=C([O-])c1ccco1.[Y+3]. The van der Waals surface area contributed by atoms with E-state index >= 15 is 0 Å². The number of carboxylic acid groups (broad SMARTS) is 3. The molecule has 0 aromatic carbocycles. The van der Waals surface area contributed by atoms with Crippen LogP contribution < -0.4 is 15.3 Å². The molecule has 0 amide bonds. The molecular weight excluding hydrogens is 413 g/mol. The number of carboxylic acids is 3. The minimum Gasteiger partial charge on any atom is -0.542 e. The van der Waals surface area contributed by atoms with Crippen molar-refractivity contribution in [2.75, 3.05) is 0 Å². The summed E-state index contributed by atoms with van der Waals surface area (Å²) >= 11 is 0. The van der Waals surface area contributed by atoms with Gasteiger partial charge in [-0.25, -0.2) is 0 Å². The van der Waals surface area contributed by atoms with Crippen LogP contribution in [0.1, 0.15) is 31.7 Å². The van der Waals surface area contributed by atoms with Gasteiger partial charge in [0, 0.05) is 0 Å². The molecule has 0 spiro atoms. The summed E-state index contributed by atoms with van der Waals surface area (Å²) in [4.78, 5) is 29.6. The largest absolute Gasteiger partial charge is 3.00 e. The summed E-state index contributed by atoms with van der Waals surface area (Å²) in [6.07, 6.45) is 3.85. The average Bonchev–Trinajstić information content (AvgIpc) is 3.29. The Kier molecular flexibility index (Phi) is 10.6. The molecule has 126 valence electrons. The summed E-state index contributed by atoms with van der Waals surface area (Å²) in [5.74, 6) is -4.25. The van der Waals surface area contributed by atoms with Crippen molar-refractivity contribution in [2.24, 2.45) is 0 Å². The fourth-order valence-corrected chi connectivity index (χ4v) is 1.18. The minimum absolute atomic E-state index is 0. The van der Waals surface area contributed by atoms with Crippen LogP contribution in [0.3, 0.4) is 0 Å². The predicted molar refractivity (Wildman–Crippen MR) is 69.1 cm³/mol. The van der Waals surface area contributed by atoms with E-state index in [4.69, 9.17) is 0 Å². The first kappa shape index (κ1) is 22.4. The van der Waals surface area contributed by atoms with Crippen molar-refractivity contribution in [3.63, 3.8) is 0 Å². The molecular formula is C15H9O9Y. The molecule has 0 saturated heterocycles. The molecule has 0 aliphatic rings. The van der Waals surface area contributed by atoms with Gasteiger partial charge in [0.05, 0.1) is 18.8 Å². The Hall–Kier alpha value is -2.65. The minimum atomic E-state index is -1.28. The molecule has 3 aromatic rings. The van der Waals surface area contributed by atoms with Crippen LogP contribution in [0.5, 0.6) is 0 Å². The van der Waals surface area contributed by atoms with Crippen LogP contribution in [0.15, 0.2) is 68.4 Å². The quantitative estimate of drug-likeness (QED) is 0.512. The molecule has 0 bridgehead atoms. The Morgan fingerprint density at radius 3 is 0.920 bits per heavy atom. The maximum Gasteiger partial charge on any atom is 3.00 e. The van der Waals surface area contributed by atoms with Crippen LogP contribution >= 0.6 is 0 Å². The predicted octanol–water partition coefficient (Wildman–Crippen LogP) is -1.07. The summed E-state index contributed by atoms with van der Waals surface area (Å²) < 4.78 is 13.3. The monoisotopic (exact) mass is 422 g/mol. The van der Waals surface area contributed by atoms with Crippen molar-refractivity contribution < 1.29 is 75.7 Å². The summed E-state index contributed by atoms with van der Waals surface area (Å²) in [7, 11) is 0. The van der Waals surface area contributed by atoms with Crippen molar-refractivity contribution in [3.8, 4) is 0 Å². The first-order chi connectivity index (χ1) is 11.4. The Morgan fingerprint density at radius 1 is 0.600 bits per heavy atom. The van der Waals surface area contributed by atoms with E-state index < -0.39 is 17.9 Å². The van der Waals surface area contributed by atoms with Crippen LogP contribution in [0, 0.1) is 0 Å². The zero-order valence-corrected chi connectivity index (χ0v) is 15.3. The maximum atomic E-state index is 9.86. The van der Waals surface area contributed by atoms with Crippen LogP contribution in [0.2, 0.25) is 0 Å². The second-order valence-corrected chi connectivity index (χ2v) is 3.79. The number of carbonyl (C=O) groups is 3. The van der Waals surface area contributed by atoms with E-state index in [1.165, 1.54) is 55.2 Å². The average molecular weight is 422 g/mol. The van der Waals surface area contributed by atoms with E-state index in [2.05, 4.69) is 13.3 Å². The van der Waals surface area contributed by atoms with E-state index in [9.17, 15) is 29.7 Å². The van der Waals surface area contributed by atoms with Gasteiger partial charge < -0.3 is 43.0 Å². The third-order valence-corrected chi connectivity index (χ3v) is 2.17. The summed E-state index contributed by atoms with van der Waals surface area (Å²) in [6.45, 7) is 0. The standard InChI is InChI=1S/3C5H4O3.Y/c3*6-5(7)4-2-1-3-8-4;/h3*1-3H,(H,6,7);/q;;;+3/p-3. The van der Waals surface area contributed by atoms with Gasteiger partial charge in [0.1, 0.15) is 35.2 Å². The van der Waals surface area contributed by atoms with Crippen molar-refractivity contribution in [1.82, 2.24) is 0 Å². The second kappa shape index (κ2) is 11.8. The van der Waals surface area contributed by atoms with Crippen LogP contribution in [0.25, 0.3) is 0 Å². The van der Waals surface area contributed by atoms with E-state index in [1.54, 1.807) is 0 Å². The summed E-state index contributed by atoms with van der Waals surface area (Å²) in [6, 6.07) is 8.46. The van der Waals surface area contributed by atoms with E-state index in [0.29, 0.717) is 0 Å². The fourth-order valence-electron chi connectivity index (χ4n) is 1.18. The molecule has 25 heavy (non-hydrogen) atoms. The topological polar surface area (TPSA) is 160 Å². The number of rotatable bonds is 3. The third kappa shape index (κ3) is 8.68. The number of furan rings is 3. The normalized spacial score (nSPS) is 8.64. The number of carbonyl (C=O) groups excluding carboxylic acids is 3. The Bertz CT molecular complexity index is 638. The molecule has 9 nitrogen and oxygen atoms in total. The molecule has 3 aromatic heterocycles. The van der Waals surface area contributed by atoms with Crippen LogP contribution in [-0.4, -0.2) is 17.9 Å². The van der Waals surface area contributed by atoms with Crippen molar-refractivity contribution >= 4 is 17.9 Å². The zero-order chi connectivity index (χ0) is 17.9. The van der Waals surface area contributed by atoms with Gasteiger partial charge >= 0.3 is 32.7 Å². The van der Waals surface area contributed by atoms with Gasteiger partial charge in [-0.3, -0.25) is 0 Å². The molecule has 0 N–H and O–H groups in total. The fraction of sp³-hybridized carbons (Fsp3) is 0. The molecule has 0 atom stereocenters. The zero-order valence-electron chi connectivity index (χ0n) is 12.4. The van der Waals surface area contributed by atoms with E-state index in [-0.39, 0.29) is 50.0 Å². The number of aromatic carboxylic acids is 3. The molecule has 0 aliphatic heterocycles. The molecule has 0 radical (unpaired) electrons. The van der Waals surface area contributed by atoms with Crippen molar-refractivity contribution in [1.29, 1.82) is 0 Å². The molecule has 3 heterocycles. The van der Waals surface area contributed by atoms with E-state index in [1.807, 2.05) is 0 Å². The molecule has 0 unspecified atom stereocenters. The number of hydrogen-bond donors (Lipinski definition) is 0. The summed E-state index contributed by atoms with van der Waals surface area (Å²) in [5.41, 5.74) is 0. The van der Waals surface area contributed by atoms with Crippen molar-refractivity contribution in [3.05, 3.63) is 72.5 Å². The molecule has 0 fully saturated rings. The van der Waals surface area contributed by atoms with Gasteiger partial charge in [-0.15, -0.1) is 0 Å². The third-order valence-electron chi connectivity index (χ3n) is 2.17. The number of hydrogen-bond acceptors (Lipinski definition) is 9. The Balaban J connectivity index is 0.000000339. The van der Waals surface area contributed by atoms with Crippen LogP contribution in [0.4, 0.5) is 0 Å². The van der Waals surface area contributed by atoms with Gasteiger partial charge in [-0.05, 0) is 36.4 Å². The second-order valence-electron chi connectivity index (χ2n) is 3.79. The molecule has 10 heteroatoms. The van der Waals surface area contributed by atoms with Gasteiger partial charge in [-0.2, -0.15) is 0 Å². The van der Waals surface area contributed by atoms with Crippen LogP contribution in [-0.2, 0) is 32.7 Å². The first-order valence-corrected chi connectivity index (χ1v) is 6.16. The molecule has 3 rings (SSSR count). The van der Waals surface area contributed by atoms with Gasteiger partial charge in [0.25, 0.3) is 0 Å². The van der Waals surface area contributed by atoms with Crippen molar-refractivity contribution in [2.45, 2.75) is 0 Å². The first-order valence-electron chi connectivity index (χ1n) is 6.16.